The minimum atomic E-state index is -2.77. The maximum Gasteiger partial charge on any atom is 0.387 e. The molecular formula is C16H24F2N2O. The highest BCUT2D eigenvalue weighted by atomic mass is 19.3. The SMILES string of the molecule is CC(CN1CCCC1)NC(C)c1ccc(OC(F)F)cc1. The molecular weight excluding hydrogens is 274 g/mol. The Bertz CT molecular complexity index is 419. The van der Waals surface area contributed by atoms with E-state index in [4.69, 9.17) is 0 Å². The first-order valence-electron chi connectivity index (χ1n) is 7.58. The molecule has 5 heteroatoms. The second-order valence-electron chi connectivity index (χ2n) is 5.74. The van der Waals surface area contributed by atoms with Gasteiger partial charge in [0.1, 0.15) is 5.75 Å². The lowest BCUT2D eigenvalue weighted by Gasteiger charge is -2.25. The van der Waals surface area contributed by atoms with E-state index in [0.717, 1.165) is 12.1 Å². The van der Waals surface area contributed by atoms with E-state index in [0.29, 0.717) is 6.04 Å². The van der Waals surface area contributed by atoms with Crippen LogP contribution in [0, 0.1) is 0 Å². The maximum absolute atomic E-state index is 12.1. The summed E-state index contributed by atoms with van der Waals surface area (Å²) in [7, 11) is 0. The van der Waals surface area contributed by atoms with Gasteiger partial charge < -0.3 is 15.0 Å². The first kappa shape index (κ1) is 16.2. The third kappa shape index (κ3) is 5.25. The molecule has 0 aliphatic carbocycles. The van der Waals surface area contributed by atoms with E-state index in [1.807, 2.05) is 12.1 Å². The van der Waals surface area contributed by atoms with Crippen molar-refractivity contribution in [1.82, 2.24) is 10.2 Å². The Morgan fingerprint density at radius 1 is 1.14 bits per heavy atom. The molecule has 1 aromatic carbocycles. The topological polar surface area (TPSA) is 24.5 Å². The molecule has 0 radical (unpaired) electrons. The van der Waals surface area contributed by atoms with E-state index in [9.17, 15) is 8.78 Å². The van der Waals surface area contributed by atoms with Gasteiger partial charge in [0.15, 0.2) is 0 Å². The van der Waals surface area contributed by atoms with Gasteiger partial charge in [-0.1, -0.05) is 12.1 Å². The van der Waals surface area contributed by atoms with Crippen LogP contribution in [0.2, 0.25) is 0 Å². The van der Waals surface area contributed by atoms with Crippen molar-refractivity contribution in [2.24, 2.45) is 0 Å². The average Bonchev–Trinajstić information content (AvgIpc) is 2.91. The largest absolute Gasteiger partial charge is 0.435 e. The number of hydrogen-bond acceptors (Lipinski definition) is 3. The number of benzene rings is 1. The second kappa shape index (κ2) is 7.71. The summed E-state index contributed by atoms with van der Waals surface area (Å²) in [6.45, 7) is 4.94. The van der Waals surface area contributed by atoms with Crippen LogP contribution in [0.15, 0.2) is 24.3 Å². The van der Waals surface area contributed by atoms with Crippen molar-refractivity contribution in [1.29, 1.82) is 0 Å². The van der Waals surface area contributed by atoms with Gasteiger partial charge in [-0.05, 0) is 57.5 Å². The summed E-state index contributed by atoms with van der Waals surface area (Å²) < 4.78 is 28.6. The molecule has 0 aromatic heterocycles. The predicted octanol–water partition coefficient (Wildman–Crippen LogP) is 3.42. The van der Waals surface area contributed by atoms with Crippen LogP contribution in [0.5, 0.6) is 5.75 Å². The molecule has 0 spiro atoms. The Labute approximate surface area is 125 Å². The van der Waals surface area contributed by atoms with Crippen molar-refractivity contribution in [3.05, 3.63) is 29.8 Å². The van der Waals surface area contributed by atoms with Crippen LogP contribution in [-0.2, 0) is 0 Å². The minimum absolute atomic E-state index is 0.184. The van der Waals surface area contributed by atoms with Crippen LogP contribution in [-0.4, -0.2) is 37.2 Å². The Hall–Kier alpha value is -1.20. The monoisotopic (exact) mass is 298 g/mol. The van der Waals surface area contributed by atoms with Gasteiger partial charge in [-0.2, -0.15) is 8.78 Å². The number of alkyl halides is 2. The highest BCUT2D eigenvalue weighted by Crippen LogP contribution is 2.19. The standard InChI is InChI=1S/C16H24F2N2O/c1-12(11-20-9-3-4-10-20)19-13(2)14-5-7-15(8-6-14)21-16(17)18/h5-8,12-13,16,19H,3-4,9-11H2,1-2H3. The fraction of sp³-hybridized carbons (Fsp3) is 0.625. The van der Waals surface area contributed by atoms with E-state index in [2.05, 4.69) is 28.8 Å². The number of likely N-dealkylation sites (tertiary alicyclic amines) is 1. The molecule has 1 heterocycles. The number of nitrogens with zero attached hydrogens (tertiary/aromatic N) is 1. The zero-order valence-electron chi connectivity index (χ0n) is 12.7. The van der Waals surface area contributed by atoms with E-state index in [1.165, 1.54) is 25.9 Å². The molecule has 0 amide bonds. The van der Waals surface area contributed by atoms with Crippen LogP contribution < -0.4 is 10.1 Å². The summed E-state index contributed by atoms with van der Waals surface area (Å²) >= 11 is 0. The van der Waals surface area contributed by atoms with Gasteiger partial charge in [-0.25, -0.2) is 0 Å². The number of hydrogen-bond donors (Lipinski definition) is 1. The average molecular weight is 298 g/mol. The van der Waals surface area contributed by atoms with Gasteiger partial charge in [-0.3, -0.25) is 0 Å². The smallest absolute Gasteiger partial charge is 0.387 e. The van der Waals surface area contributed by atoms with Crippen molar-refractivity contribution in [2.45, 2.75) is 45.4 Å². The van der Waals surface area contributed by atoms with Crippen molar-refractivity contribution >= 4 is 0 Å². The van der Waals surface area contributed by atoms with Gasteiger partial charge in [0.2, 0.25) is 0 Å². The molecule has 3 nitrogen and oxygen atoms in total. The number of halogens is 2. The van der Waals surface area contributed by atoms with E-state index in [1.54, 1.807) is 12.1 Å². The second-order valence-corrected chi connectivity index (χ2v) is 5.74. The van der Waals surface area contributed by atoms with E-state index >= 15 is 0 Å². The Balaban J connectivity index is 1.82. The molecule has 1 saturated heterocycles. The van der Waals surface area contributed by atoms with Gasteiger partial charge in [0.25, 0.3) is 0 Å². The third-order valence-electron chi connectivity index (χ3n) is 3.87. The number of ether oxygens (including phenoxy) is 1. The molecule has 1 fully saturated rings. The number of rotatable bonds is 7. The highest BCUT2D eigenvalue weighted by Gasteiger charge is 2.16. The lowest BCUT2D eigenvalue weighted by molar-refractivity contribution is -0.0498. The van der Waals surface area contributed by atoms with Crippen molar-refractivity contribution in [3.63, 3.8) is 0 Å². The molecule has 21 heavy (non-hydrogen) atoms. The molecule has 1 aliphatic rings. The summed E-state index contributed by atoms with van der Waals surface area (Å²) in [5.74, 6) is 0.200. The minimum Gasteiger partial charge on any atom is -0.435 e. The Morgan fingerprint density at radius 3 is 2.33 bits per heavy atom. The van der Waals surface area contributed by atoms with Gasteiger partial charge in [0.05, 0.1) is 0 Å². The van der Waals surface area contributed by atoms with Gasteiger partial charge in [-0.15, -0.1) is 0 Å². The summed E-state index contributed by atoms with van der Waals surface area (Å²) in [4.78, 5) is 2.48. The summed E-state index contributed by atoms with van der Waals surface area (Å²) in [5.41, 5.74) is 1.07. The lowest BCUT2D eigenvalue weighted by Crippen LogP contribution is -2.39. The van der Waals surface area contributed by atoms with Crippen molar-refractivity contribution in [3.8, 4) is 5.75 Å². The normalized spacial score (nSPS) is 18.9. The number of nitrogens with one attached hydrogen (secondary N) is 1. The maximum atomic E-state index is 12.1. The van der Waals surface area contributed by atoms with Crippen LogP contribution >= 0.6 is 0 Å². The van der Waals surface area contributed by atoms with E-state index < -0.39 is 6.61 Å². The zero-order valence-corrected chi connectivity index (χ0v) is 12.7. The summed E-state index contributed by atoms with van der Waals surface area (Å²) in [5, 5.41) is 3.55. The molecule has 0 bridgehead atoms. The van der Waals surface area contributed by atoms with Gasteiger partial charge >= 0.3 is 6.61 Å². The Morgan fingerprint density at radius 2 is 1.76 bits per heavy atom. The molecule has 1 N–H and O–H groups in total. The molecule has 2 atom stereocenters. The predicted molar refractivity (Wildman–Crippen MR) is 79.8 cm³/mol. The van der Waals surface area contributed by atoms with Crippen molar-refractivity contribution < 1.29 is 13.5 Å². The van der Waals surface area contributed by atoms with Crippen LogP contribution in [0.3, 0.4) is 0 Å². The molecule has 2 unspecified atom stereocenters. The molecule has 1 aliphatic heterocycles. The quantitative estimate of drug-likeness (QED) is 0.835. The first-order chi connectivity index (χ1) is 10.0. The lowest BCUT2D eigenvalue weighted by atomic mass is 10.1. The molecule has 2 rings (SSSR count). The zero-order chi connectivity index (χ0) is 15.2. The summed E-state index contributed by atoms with van der Waals surface area (Å²) in [6.07, 6.45) is 2.60. The fourth-order valence-electron chi connectivity index (χ4n) is 2.87. The van der Waals surface area contributed by atoms with E-state index in [-0.39, 0.29) is 11.8 Å². The van der Waals surface area contributed by atoms with Crippen molar-refractivity contribution in [2.75, 3.05) is 19.6 Å². The van der Waals surface area contributed by atoms with Crippen LogP contribution in [0.25, 0.3) is 0 Å². The molecule has 0 saturated carbocycles. The summed E-state index contributed by atoms with van der Waals surface area (Å²) in [6, 6.07) is 7.42. The third-order valence-corrected chi connectivity index (χ3v) is 3.87. The van der Waals surface area contributed by atoms with Crippen LogP contribution in [0.4, 0.5) is 8.78 Å². The molecule has 1 aromatic rings. The Kier molecular flexibility index (Phi) is 5.94. The highest BCUT2D eigenvalue weighted by molar-refractivity contribution is 5.29. The first-order valence-corrected chi connectivity index (χ1v) is 7.58. The van der Waals surface area contributed by atoms with Gasteiger partial charge in [0, 0.05) is 18.6 Å². The fourth-order valence-corrected chi connectivity index (χ4v) is 2.87. The van der Waals surface area contributed by atoms with Crippen LogP contribution in [0.1, 0.15) is 38.3 Å². The molecule has 118 valence electrons.